The zero-order valence-corrected chi connectivity index (χ0v) is 6.98. The number of nitrogens with zero attached hydrogens (tertiary/aromatic N) is 3. The lowest BCUT2D eigenvalue weighted by atomic mass is 10.3. The molecule has 0 aliphatic carbocycles. The molecule has 0 saturated heterocycles. The Balaban J connectivity index is 3.13. The summed E-state index contributed by atoms with van der Waals surface area (Å²) in [4.78, 5) is 0. The highest BCUT2D eigenvalue weighted by molar-refractivity contribution is 5.99. The van der Waals surface area contributed by atoms with E-state index in [0.717, 1.165) is 0 Å². The third-order valence-electron chi connectivity index (χ3n) is 1.40. The van der Waals surface area contributed by atoms with E-state index in [2.05, 4.69) is 10.2 Å². The smallest absolute Gasteiger partial charge is 0.243 e. The maximum atomic E-state index is 5.48. The van der Waals surface area contributed by atoms with Crippen LogP contribution in [0.1, 0.15) is 5.56 Å². The van der Waals surface area contributed by atoms with Crippen LogP contribution in [0.3, 0.4) is 0 Å². The number of hydrogen-bond donors (Lipinski definition) is 2. The normalized spacial score (nSPS) is 11.7. The topological polar surface area (TPSA) is 91.5 Å². The second-order valence-electron chi connectivity index (χ2n) is 2.24. The zero-order valence-electron chi connectivity index (χ0n) is 6.98. The third kappa shape index (κ3) is 1.31. The van der Waals surface area contributed by atoms with Crippen molar-refractivity contribution in [3.05, 3.63) is 11.8 Å². The second kappa shape index (κ2) is 3.12. The molecule has 0 aliphatic heterocycles. The van der Waals surface area contributed by atoms with Gasteiger partial charge in [-0.3, -0.25) is 4.68 Å². The number of hydrazone groups is 1. The van der Waals surface area contributed by atoms with E-state index in [1.54, 1.807) is 17.9 Å². The number of amidine groups is 1. The maximum Gasteiger partial charge on any atom is 0.243 e. The number of ether oxygens (including phenoxy) is 1. The Morgan fingerprint density at radius 3 is 2.92 bits per heavy atom. The van der Waals surface area contributed by atoms with Crippen molar-refractivity contribution in [1.82, 2.24) is 9.78 Å². The fourth-order valence-electron chi connectivity index (χ4n) is 0.864. The predicted octanol–water partition coefficient (Wildman–Crippen LogP) is -0.992. The molecule has 0 aliphatic rings. The van der Waals surface area contributed by atoms with E-state index in [0.29, 0.717) is 11.4 Å². The Hall–Kier alpha value is -1.72. The molecule has 0 spiro atoms. The van der Waals surface area contributed by atoms with Crippen LogP contribution in [0.5, 0.6) is 5.88 Å². The molecule has 6 heteroatoms. The largest absolute Gasteiger partial charge is 0.479 e. The monoisotopic (exact) mass is 169 g/mol. The van der Waals surface area contributed by atoms with Crippen molar-refractivity contribution in [1.29, 1.82) is 0 Å². The van der Waals surface area contributed by atoms with Gasteiger partial charge in [0.2, 0.25) is 5.88 Å². The predicted molar refractivity (Wildman–Crippen MR) is 44.7 cm³/mol. The van der Waals surface area contributed by atoms with Gasteiger partial charge in [0.05, 0.1) is 12.7 Å². The summed E-state index contributed by atoms with van der Waals surface area (Å²) in [5.74, 6) is 5.64. The number of aryl methyl sites for hydroxylation is 1. The number of nitrogens with two attached hydrogens (primary N) is 2. The van der Waals surface area contributed by atoms with Crippen LogP contribution in [0.2, 0.25) is 0 Å². The first-order chi connectivity index (χ1) is 5.69. The van der Waals surface area contributed by atoms with E-state index in [9.17, 15) is 0 Å². The van der Waals surface area contributed by atoms with Crippen LogP contribution in [-0.2, 0) is 7.05 Å². The summed E-state index contributed by atoms with van der Waals surface area (Å²) >= 11 is 0. The minimum absolute atomic E-state index is 0.208. The average molecular weight is 169 g/mol. The first-order valence-electron chi connectivity index (χ1n) is 3.30. The highest BCUT2D eigenvalue weighted by Gasteiger charge is 2.10. The summed E-state index contributed by atoms with van der Waals surface area (Å²) in [6.07, 6.45) is 1.69. The maximum absolute atomic E-state index is 5.48. The van der Waals surface area contributed by atoms with Crippen molar-refractivity contribution in [2.45, 2.75) is 0 Å². The number of rotatable bonds is 2. The fraction of sp³-hybridized carbons (Fsp3) is 0.333. The van der Waals surface area contributed by atoms with Gasteiger partial charge in [0, 0.05) is 13.2 Å². The van der Waals surface area contributed by atoms with E-state index < -0.39 is 0 Å². The van der Waals surface area contributed by atoms with Crippen LogP contribution >= 0.6 is 0 Å². The van der Waals surface area contributed by atoms with Crippen LogP contribution in [0.15, 0.2) is 11.3 Å². The van der Waals surface area contributed by atoms with Crippen molar-refractivity contribution in [2.24, 2.45) is 23.7 Å². The first kappa shape index (κ1) is 8.38. The highest BCUT2D eigenvalue weighted by Crippen LogP contribution is 2.13. The minimum atomic E-state index is 0.208. The molecule has 0 aromatic carbocycles. The van der Waals surface area contributed by atoms with Gasteiger partial charge in [-0.15, -0.1) is 5.10 Å². The van der Waals surface area contributed by atoms with Crippen molar-refractivity contribution in [3.8, 4) is 5.88 Å². The number of hydrogen-bond acceptors (Lipinski definition) is 4. The average Bonchev–Trinajstić information content (AvgIpc) is 2.45. The Kier molecular flexibility index (Phi) is 2.18. The molecule has 0 saturated carbocycles. The van der Waals surface area contributed by atoms with E-state index in [1.165, 1.54) is 7.11 Å². The Morgan fingerprint density at radius 1 is 1.75 bits per heavy atom. The van der Waals surface area contributed by atoms with Crippen LogP contribution in [0.4, 0.5) is 0 Å². The standard InChI is InChI=1S/C6H11N5O/c1-11-3-4(5(7)9-8)6(10-11)12-2/h3H,8H2,1-2H3,(H2,7,9). The zero-order chi connectivity index (χ0) is 9.14. The lowest BCUT2D eigenvalue weighted by Crippen LogP contribution is -2.15. The van der Waals surface area contributed by atoms with Crippen LogP contribution in [0, 0.1) is 0 Å². The van der Waals surface area contributed by atoms with Crippen molar-refractivity contribution < 1.29 is 4.74 Å². The molecule has 0 amide bonds. The van der Waals surface area contributed by atoms with Gasteiger partial charge < -0.3 is 16.3 Å². The number of methoxy groups -OCH3 is 1. The van der Waals surface area contributed by atoms with Gasteiger partial charge in [0.1, 0.15) is 0 Å². The minimum Gasteiger partial charge on any atom is -0.479 e. The Labute approximate surface area is 69.8 Å². The Morgan fingerprint density at radius 2 is 2.42 bits per heavy atom. The van der Waals surface area contributed by atoms with E-state index in [1.807, 2.05) is 0 Å². The van der Waals surface area contributed by atoms with E-state index in [-0.39, 0.29) is 5.84 Å². The summed E-state index contributed by atoms with van der Waals surface area (Å²) in [7, 11) is 3.27. The van der Waals surface area contributed by atoms with E-state index >= 15 is 0 Å². The summed E-state index contributed by atoms with van der Waals surface area (Å²) in [5, 5.41) is 7.32. The van der Waals surface area contributed by atoms with Crippen LogP contribution in [0.25, 0.3) is 0 Å². The van der Waals surface area contributed by atoms with Gasteiger partial charge in [-0.2, -0.15) is 5.10 Å². The summed E-state index contributed by atoms with van der Waals surface area (Å²) < 4.78 is 6.52. The molecule has 0 unspecified atom stereocenters. The molecule has 66 valence electrons. The molecule has 1 rings (SSSR count). The van der Waals surface area contributed by atoms with Gasteiger partial charge in [-0.05, 0) is 0 Å². The van der Waals surface area contributed by atoms with Gasteiger partial charge >= 0.3 is 0 Å². The summed E-state index contributed by atoms with van der Waals surface area (Å²) in [6, 6.07) is 0. The van der Waals surface area contributed by atoms with Crippen molar-refractivity contribution in [3.63, 3.8) is 0 Å². The quantitative estimate of drug-likeness (QED) is 0.257. The number of aromatic nitrogens is 2. The third-order valence-corrected chi connectivity index (χ3v) is 1.40. The molecule has 6 nitrogen and oxygen atoms in total. The Bertz CT molecular complexity index is 303. The van der Waals surface area contributed by atoms with Gasteiger partial charge in [-0.25, -0.2) is 0 Å². The van der Waals surface area contributed by atoms with Crippen molar-refractivity contribution >= 4 is 5.84 Å². The molecule has 0 radical (unpaired) electrons. The lowest BCUT2D eigenvalue weighted by Gasteiger charge is -1.96. The molecule has 1 aromatic rings. The summed E-state index contributed by atoms with van der Waals surface area (Å²) in [5.41, 5.74) is 6.08. The highest BCUT2D eigenvalue weighted by atomic mass is 16.5. The molecular formula is C6H11N5O. The molecule has 12 heavy (non-hydrogen) atoms. The molecule has 1 heterocycles. The van der Waals surface area contributed by atoms with E-state index in [4.69, 9.17) is 16.3 Å². The molecular weight excluding hydrogens is 158 g/mol. The first-order valence-corrected chi connectivity index (χ1v) is 3.30. The van der Waals surface area contributed by atoms with Gasteiger partial charge in [0.15, 0.2) is 5.84 Å². The summed E-state index contributed by atoms with van der Waals surface area (Å²) in [6.45, 7) is 0. The van der Waals surface area contributed by atoms with Crippen LogP contribution in [-0.4, -0.2) is 22.7 Å². The molecule has 0 atom stereocenters. The van der Waals surface area contributed by atoms with Crippen LogP contribution < -0.4 is 16.3 Å². The SMILES string of the molecule is COc1nn(C)cc1C(N)=NN. The molecule has 0 fully saturated rings. The molecule has 0 bridgehead atoms. The van der Waals surface area contributed by atoms with Gasteiger partial charge in [-0.1, -0.05) is 0 Å². The molecule has 1 aromatic heterocycles. The fourth-order valence-corrected chi connectivity index (χ4v) is 0.864. The second-order valence-corrected chi connectivity index (χ2v) is 2.24. The lowest BCUT2D eigenvalue weighted by molar-refractivity contribution is 0.391. The van der Waals surface area contributed by atoms with Gasteiger partial charge in [0.25, 0.3) is 0 Å². The van der Waals surface area contributed by atoms with Crippen molar-refractivity contribution in [2.75, 3.05) is 7.11 Å². The molecule has 4 N–H and O–H groups in total.